The number of anilines is 1. The lowest BCUT2D eigenvalue weighted by atomic mass is 10.2. The highest BCUT2D eigenvalue weighted by Gasteiger charge is 2.28. The van der Waals surface area contributed by atoms with E-state index in [1.165, 1.54) is 11.9 Å². The van der Waals surface area contributed by atoms with Gasteiger partial charge in [-0.2, -0.15) is 13.2 Å². The number of alkyl halides is 3. The number of hydrogen-bond acceptors (Lipinski definition) is 5. The maximum absolute atomic E-state index is 12.4. The van der Waals surface area contributed by atoms with E-state index in [0.717, 1.165) is 36.7 Å². The predicted molar refractivity (Wildman–Crippen MR) is 133 cm³/mol. The summed E-state index contributed by atoms with van der Waals surface area (Å²) in [5.74, 6) is 2.18. The van der Waals surface area contributed by atoms with E-state index in [4.69, 9.17) is 9.47 Å². The third-order valence-electron chi connectivity index (χ3n) is 4.99. The summed E-state index contributed by atoms with van der Waals surface area (Å²) in [6, 6.07) is 6.03. The van der Waals surface area contributed by atoms with E-state index < -0.39 is 12.7 Å². The number of rotatable bonds is 10. The summed E-state index contributed by atoms with van der Waals surface area (Å²) in [5.41, 5.74) is 1.04. The molecule has 0 amide bonds. The van der Waals surface area contributed by atoms with E-state index in [0.29, 0.717) is 32.0 Å². The van der Waals surface area contributed by atoms with Crippen molar-refractivity contribution in [2.45, 2.75) is 32.0 Å². The van der Waals surface area contributed by atoms with Gasteiger partial charge in [0.1, 0.15) is 11.5 Å². The molecule has 1 aliphatic heterocycles. The second-order valence-corrected chi connectivity index (χ2v) is 7.61. The molecule has 1 heterocycles. The van der Waals surface area contributed by atoms with Crippen LogP contribution >= 0.6 is 24.0 Å². The Balaban J connectivity index is 0.00000512. The molecule has 1 saturated heterocycles. The first kappa shape index (κ1) is 28.4. The summed E-state index contributed by atoms with van der Waals surface area (Å²) in [7, 11) is 4.74. The molecule has 0 radical (unpaired) electrons. The van der Waals surface area contributed by atoms with Crippen LogP contribution in [-0.4, -0.2) is 83.6 Å². The molecule has 2 rings (SSSR count). The van der Waals surface area contributed by atoms with Crippen LogP contribution in [0.1, 0.15) is 19.8 Å². The van der Waals surface area contributed by atoms with Crippen LogP contribution in [0.15, 0.2) is 23.2 Å². The first-order valence-corrected chi connectivity index (χ1v) is 10.5. The van der Waals surface area contributed by atoms with Gasteiger partial charge in [0.2, 0.25) is 0 Å². The molecule has 184 valence electrons. The Hall–Kier alpha value is -1.63. The maximum atomic E-state index is 12.4. The Kier molecular flexibility index (Phi) is 12.3. The molecule has 0 saturated carbocycles. The van der Waals surface area contributed by atoms with Gasteiger partial charge in [-0.1, -0.05) is 0 Å². The van der Waals surface area contributed by atoms with Crippen molar-refractivity contribution < 1.29 is 22.6 Å². The molecule has 1 fully saturated rings. The molecule has 1 aromatic carbocycles. The van der Waals surface area contributed by atoms with Gasteiger partial charge < -0.3 is 25.0 Å². The summed E-state index contributed by atoms with van der Waals surface area (Å²) in [5, 5.41) is 6.66. The minimum atomic E-state index is -4.17. The quantitative estimate of drug-likeness (QED) is 0.194. The van der Waals surface area contributed by atoms with Gasteiger partial charge in [-0.25, -0.2) is 0 Å². The molecule has 0 bridgehead atoms. The molecule has 0 aliphatic carbocycles. The van der Waals surface area contributed by atoms with Crippen molar-refractivity contribution in [3.8, 4) is 11.5 Å². The van der Waals surface area contributed by atoms with E-state index in [9.17, 15) is 13.2 Å². The van der Waals surface area contributed by atoms with Crippen LogP contribution in [0, 0.1) is 0 Å². The number of benzene rings is 1. The second-order valence-electron chi connectivity index (χ2n) is 7.61. The number of nitrogens with one attached hydrogen (secondary N) is 2. The Morgan fingerprint density at radius 3 is 2.44 bits per heavy atom. The molecule has 1 aliphatic rings. The van der Waals surface area contributed by atoms with Crippen LogP contribution in [0.25, 0.3) is 0 Å². The fraction of sp³-hybridized carbons (Fsp3) is 0.667. The second kappa shape index (κ2) is 13.8. The summed E-state index contributed by atoms with van der Waals surface area (Å²) < 4.78 is 47.9. The Morgan fingerprint density at radius 2 is 1.88 bits per heavy atom. The molecule has 0 aromatic heterocycles. The van der Waals surface area contributed by atoms with Gasteiger partial charge in [-0.05, 0) is 33.4 Å². The monoisotopic (exact) mass is 573 g/mol. The fourth-order valence-electron chi connectivity index (χ4n) is 3.52. The number of hydrogen-bond donors (Lipinski definition) is 2. The molecule has 11 heteroatoms. The van der Waals surface area contributed by atoms with Crippen LogP contribution in [0.4, 0.5) is 18.9 Å². The van der Waals surface area contributed by atoms with Crippen LogP contribution < -0.4 is 25.0 Å². The van der Waals surface area contributed by atoms with Crippen molar-refractivity contribution >= 4 is 35.6 Å². The number of guanidine groups is 1. The van der Waals surface area contributed by atoms with Crippen molar-refractivity contribution in [1.82, 2.24) is 15.5 Å². The summed E-state index contributed by atoms with van der Waals surface area (Å²) >= 11 is 0. The highest BCUT2D eigenvalue weighted by atomic mass is 127. The third kappa shape index (κ3) is 9.88. The van der Waals surface area contributed by atoms with Crippen LogP contribution in [0.2, 0.25) is 0 Å². The lowest BCUT2D eigenvalue weighted by Crippen LogP contribution is -2.44. The summed E-state index contributed by atoms with van der Waals surface area (Å²) in [6.45, 7) is 4.28. The lowest BCUT2D eigenvalue weighted by molar-refractivity contribution is -0.143. The Bertz CT molecular complexity index is 699. The molecule has 32 heavy (non-hydrogen) atoms. The summed E-state index contributed by atoms with van der Waals surface area (Å²) in [4.78, 5) is 8.06. The average molecular weight is 573 g/mol. The van der Waals surface area contributed by atoms with Gasteiger partial charge in [-0.3, -0.25) is 9.89 Å². The zero-order chi connectivity index (χ0) is 22.9. The molecule has 7 nitrogen and oxygen atoms in total. The molecule has 0 spiro atoms. The number of halogens is 4. The number of methoxy groups -OCH3 is 2. The van der Waals surface area contributed by atoms with E-state index >= 15 is 0 Å². The number of nitrogens with zero attached hydrogens (tertiary/aromatic N) is 3. The number of aliphatic imine (C=N–C) groups is 1. The van der Waals surface area contributed by atoms with Crippen molar-refractivity contribution in [2.24, 2.45) is 4.99 Å². The first-order chi connectivity index (χ1) is 14.7. The molecule has 1 unspecified atom stereocenters. The standard InChI is InChI=1S/C21H34F3N5O2.HI/c1-5-25-20(26-8-6-9-28(2)15-21(22,23)24)27-16-7-10-29(14-16)17-11-18(30-3)13-19(12-17)31-4;/h11-13,16H,5-10,14-15H2,1-4H3,(H2,25,26,27);1H. The van der Waals surface area contributed by atoms with Crippen LogP contribution in [0.5, 0.6) is 11.5 Å². The molecular weight excluding hydrogens is 538 g/mol. The largest absolute Gasteiger partial charge is 0.497 e. The van der Waals surface area contributed by atoms with Crippen molar-refractivity contribution in [3.63, 3.8) is 0 Å². The van der Waals surface area contributed by atoms with Crippen molar-refractivity contribution in [3.05, 3.63) is 18.2 Å². The minimum absolute atomic E-state index is 0. The van der Waals surface area contributed by atoms with Crippen LogP contribution in [0.3, 0.4) is 0 Å². The van der Waals surface area contributed by atoms with Gasteiger partial charge in [-0.15, -0.1) is 24.0 Å². The zero-order valence-corrected chi connectivity index (χ0v) is 21.5. The smallest absolute Gasteiger partial charge is 0.401 e. The van der Waals surface area contributed by atoms with Crippen LogP contribution in [-0.2, 0) is 0 Å². The zero-order valence-electron chi connectivity index (χ0n) is 19.2. The topological polar surface area (TPSA) is 61.4 Å². The molecule has 2 N–H and O–H groups in total. The number of ether oxygens (including phenoxy) is 2. The third-order valence-corrected chi connectivity index (χ3v) is 4.99. The van der Waals surface area contributed by atoms with Gasteiger partial charge in [0.15, 0.2) is 5.96 Å². The van der Waals surface area contributed by atoms with E-state index in [2.05, 4.69) is 20.5 Å². The van der Waals surface area contributed by atoms with Crippen molar-refractivity contribution in [2.75, 3.05) is 65.4 Å². The molecule has 1 atom stereocenters. The lowest BCUT2D eigenvalue weighted by Gasteiger charge is -2.21. The van der Waals surface area contributed by atoms with E-state index in [-0.39, 0.29) is 30.0 Å². The fourth-order valence-corrected chi connectivity index (χ4v) is 3.52. The van der Waals surface area contributed by atoms with E-state index in [1.807, 2.05) is 25.1 Å². The molecule has 1 aromatic rings. The van der Waals surface area contributed by atoms with Gasteiger partial charge in [0.05, 0.1) is 20.8 Å². The Labute approximate surface area is 205 Å². The van der Waals surface area contributed by atoms with E-state index in [1.54, 1.807) is 14.2 Å². The highest BCUT2D eigenvalue weighted by molar-refractivity contribution is 14.0. The van der Waals surface area contributed by atoms with Gasteiger partial charge >= 0.3 is 6.18 Å². The minimum Gasteiger partial charge on any atom is -0.497 e. The van der Waals surface area contributed by atoms with Gasteiger partial charge in [0.25, 0.3) is 0 Å². The normalized spacial score (nSPS) is 16.7. The predicted octanol–water partition coefficient (Wildman–Crippen LogP) is 3.34. The van der Waals surface area contributed by atoms with Crippen molar-refractivity contribution in [1.29, 1.82) is 0 Å². The molecular formula is C21H35F3IN5O2. The average Bonchev–Trinajstić information content (AvgIpc) is 3.18. The van der Waals surface area contributed by atoms with Gasteiger partial charge in [0, 0.05) is 56.1 Å². The summed E-state index contributed by atoms with van der Waals surface area (Å²) in [6.07, 6.45) is -2.67. The Morgan fingerprint density at radius 1 is 1.22 bits per heavy atom. The maximum Gasteiger partial charge on any atom is 0.401 e. The highest BCUT2D eigenvalue weighted by Crippen LogP contribution is 2.30. The SMILES string of the molecule is CCNC(=NCCCN(C)CC(F)(F)F)NC1CCN(c2cc(OC)cc(OC)c2)C1.I. The first-order valence-electron chi connectivity index (χ1n) is 10.5.